The Morgan fingerprint density at radius 3 is 2.70 bits per heavy atom. The Bertz CT molecular complexity index is 620. The summed E-state index contributed by atoms with van der Waals surface area (Å²) in [5.74, 6) is 1.18. The highest BCUT2D eigenvalue weighted by atomic mass is 127. The van der Waals surface area contributed by atoms with E-state index in [2.05, 4.69) is 15.2 Å². The van der Waals surface area contributed by atoms with Crippen LogP contribution in [0.5, 0.6) is 0 Å². The third-order valence-electron chi connectivity index (χ3n) is 4.94. The van der Waals surface area contributed by atoms with E-state index in [0.29, 0.717) is 31.4 Å². The van der Waals surface area contributed by atoms with Crippen molar-refractivity contribution < 1.29 is 13.9 Å². The van der Waals surface area contributed by atoms with Crippen LogP contribution in [0.15, 0.2) is 23.2 Å². The van der Waals surface area contributed by atoms with Crippen LogP contribution in [-0.4, -0.2) is 71.0 Å². The first-order chi connectivity index (χ1) is 12.7. The lowest BCUT2D eigenvalue weighted by Gasteiger charge is -2.29. The molecule has 27 heavy (non-hydrogen) atoms. The predicted octanol–water partition coefficient (Wildman–Crippen LogP) is 2.32. The maximum Gasteiger partial charge on any atom is 0.193 e. The van der Waals surface area contributed by atoms with Gasteiger partial charge < -0.3 is 24.6 Å². The Labute approximate surface area is 178 Å². The predicted molar refractivity (Wildman–Crippen MR) is 117 cm³/mol. The standard InChI is InChI=1S/C19H29FN4O2.HI/c1-21-19(23(2)13-16-5-8-26-14-16)22-12-15-3-4-18(17(20)11-15)24-6-9-25-10-7-24;/h3-4,11,16H,5-10,12-14H2,1-2H3,(H,21,22);1H. The molecule has 0 amide bonds. The van der Waals surface area contributed by atoms with E-state index in [1.807, 2.05) is 24.1 Å². The summed E-state index contributed by atoms with van der Waals surface area (Å²) >= 11 is 0. The van der Waals surface area contributed by atoms with E-state index in [1.54, 1.807) is 13.1 Å². The number of hydrogen-bond donors (Lipinski definition) is 1. The van der Waals surface area contributed by atoms with Gasteiger partial charge in [-0.3, -0.25) is 4.99 Å². The fraction of sp³-hybridized carbons (Fsp3) is 0.632. The highest BCUT2D eigenvalue weighted by Gasteiger charge is 2.19. The van der Waals surface area contributed by atoms with E-state index >= 15 is 0 Å². The summed E-state index contributed by atoms with van der Waals surface area (Å²) in [7, 11) is 3.79. The van der Waals surface area contributed by atoms with Gasteiger partial charge in [-0.2, -0.15) is 0 Å². The van der Waals surface area contributed by atoms with Crippen molar-refractivity contribution in [2.75, 3.05) is 65.1 Å². The molecule has 1 aromatic carbocycles. The highest BCUT2D eigenvalue weighted by molar-refractivity contribution is 14.0. The lowest BCUT2D eigenvalue weighted by Crippen LogP contribution is -2.41. The second-order valence-corrected chi connectivity index (χ2v) is 6.90. The van der Waals surface area contributed by atoms with E-state index in [-0.39, 0.29) is 29.8 Å². The number of morpholine rings is 1. The van der Waals surface area contributed by atoms with Gasteiger partial charge >= 0.3 is 0 Å². The lowest BCUT2D eigenvalue weighted by molar-refractivity contribution is 0.122. The SMILES string of the molecule is CN=C(NCc1ccc(N2CCOCC2)c(F)c1)N(C)CC1CCOC1.I. The number of rotatable bonds is 5. The minimum absolute atomic E-state index is 0. The number of hydrogen-bond acceptors (Lipinski definition) is 4. The Balaban J connectivity index is 0.00000261. The van der Waals surface area contributed by atoms with E-state index in [4.69, 9.17) is 9.47 Å². The quantitative estimate of drug-likeness (QED) is 0.389. The molecule has 3 rings (SSSR count). The maximum atomic E-state index is 14.5. The van der Waals surface area contributed by atoms with Gasteiger partial charge in [-0.1, -0.05) is 6.07 Å². The first kappa shape index (κ1) is 22.2. The molecule has 8 heteroatoms. The van der Waals surface area contributed by atoms with Gasteiger partial charge in [0.15, 0.2) is 5.96 Å². The van der Waals surface area contributed by atoms with Crippen LogP contribution in [0.2, 0.25) is 0 Å². The summed E-state index contributed by atoms with van der Waals surface area (Å²) in [6.45, 7) is 5.87. The van der Waals surface area contributed by atoms with Crippen molar-refractivity contribution in [1.82, 2.24) is 10.2 Å². The molecule has 1 N–H and O–H groups in total. The Hall–Kier alpha value is -1.13. The van der Waals surface area contributed by atoms with Crippen molar-refractivity contribution in [3.63, 3.8) is 0 Å². The van der Waals surface area contributed by atoms with Crippen LogP contribution in [0.4, 0.5) is 10.1 Å². The van der Waals surface area contributed by atoms with E-state index in [0.717, 1.165) is 50.8 Å². The first-order valence-corrected chi connectivity index (χ1v) is 9.28. The molecule has 1 atom stereocenters. The number of nitrogens with one attached hydrogen (secondary N) is 1. The summed E-state index contributed by atoms with van der Waals surface area (Å²) in [6.07, 6.45) is 1.09. The molecule has 2 saturated heterocycles. The van der Waals surface area contributed by atoms with Crippen LogP contribution < -0.4 is 10.2 Å². The molecule has 2 aliphatic heterocycles. The molecular weight excluding hydrogens is 462 g/mol. The molecular formula is C19H30FIN4O2. The number of nitrogens with zero attached hydrogens (tertiary/aromatic N) is 3. The highest BCUT2D eigenvalue weighted by Crippen LogP contribution is 2.21. The Morgan fingerprint density at radius 1 is 1.30 bits per heavy atom. The zero-order valence-electron chi connectivity index (χ0n) is 16.1. The summed E-state index contributed by atoms with van der Waals surface area (Å²) in [4.78, 5) is 8.48. The average Bonchev–Trinajstić information content (AvgIpc) is 3.16. The van der Waals surface area contributed by atoms with Crippen LogP contribution >= 0.6 is 24.0 Å². The molecule has 0 bridgehead atoms. The van der Waals surface area contributed by atoms with Gasteiger partial charge in [0.2, 0.25) is 0 Å². The van der Waals surface area contributed by atoms with Gasteiger partial charge in [-0.05, 0) is 24.1 Å². The Morgan fingerprint density at radius 2 is 2.07 bits per heavy atom. The number of guanidine groups is 1. The van der Waals surface area contributed by atoms with Crippen LogP contribution in [0.25, 0.3) is 0 Å². The Kier molecular flexibility index (Phi) is 9.04. The molecule has 152 valence electrons. The molecule has 1 unspecified atom stereocenters. The summed E-state index contributed by atoms with van der Waals surface area (Å²) in [5, 5.41) is 3.32. The number of anilines is 1. The van der Waals surface area contributed by atoms with E-state index < -0.39 is 0 Å². The van der Waals surface area contributed by atoms with Crippen molar-refractivity contribution in [3.05, 3.63) is 29.6 Å². The zero-order valence-corrected chi connectivity index (χ0v) is 18.4. The molecule has 1 aromatic rings. The van der Waals surface area contributed by atoms with Crippen LogP contribution in [-0.2, 0) is 16.0 Å². The summed E-state index contributed by atoms with van der Waals surface area (Å²) < 4.78 is 25.3. The van der Waals surface area contributed by atoms with Crippen molar-refractivity contribution in [2.24, 2.45) is 10.9 Å². The number of ether oxygens (including phenoxy) is 2. The van der Waals surface area contributed by atoms with Crippen molar-refractivity contribution >= 4 is 35.6 Å². The van der Waals surface area contributed by atoms with Crippen LogP contribution in [0, 0.1) is 11.7 Å². The van der Waals surface area contributed by atoms with Crippen molar-refractivity contribution in [2.45, 2.75) is 13.0 Å². The molecule has 2 aliphatic rings. The van der Waals surface area contributed by atoms with Gasteiger partial charge in [-0.15, -0.1) is 24.0 Å². The molecule has 6 nitrogen and oxygen atoms in total. The van der Waals surface area contributed by atoms with Crippen LogP contribution in [0.3, 0.4) is 0 Å². The first-order valence-electron chi connectivity index (χ1n) is 9.28. The average molecular weight is 492 g/mol. The molecule has 2 fully saturated rings. The third-order valence-corrected chi connectivity index (χ3v) is 4.94. The van der Waals surface area contributed by atoms with Crippen molar-refractivity contribution in [3.8, 4) is 0 Å². The monoisotopic (exact) mass is 492 g/mol. The van der Waals surface area contributed by atoms with E-state index in [1.165, 1.54) is 0 Å². The fourth-order valence-corrected chi connectivity index (χ4v) is 3.49. The minimum Gasteiger partial charge on any atom is -0.381 e. The van der Waals surface area contributed by atoms with Crippen LogP contribution in [0.1, 0.15) is 12.0 Å². The minimum atomic E-state index is -0.183. The smallest absolute Gasteiger partial charge is 0.193 e. The van der Waals surface area contributed by atoms with Gasteiger partial charge in [0.05, 0.1) is 25.5 Å². The molecule has 0 radical (unpaired) electrons. The van der Waals surface area contributed by atoms with Gasteiger partial charge in [0.1, 0.15) is 5.82 Å². The summed E-state index contributed by atoms with van der Waals surface area (Å²) in [5.41, 5.74) is 1.55. The van der Waals surface area contributed by atoms with Crippen molar-refractivity contribution in [1.29, 1.82) is 0 Å². The van der Waals surface area contributed by atoms with E-state index in [9.17, 15) is 4.39 Å². The molecule has 0 saturated carbocycles. The zero-order chi connectivity index (χ0) is 18.4. The molecule has 0 spiro atoms. The maximum absolute atomic E-state index is 14.5. The summed E-state index contributed by atoms with van der Waals surface area (Å²) in [6, 6.07) is 5.44. The number of benzene rings is 1. The van der Waals surface area contributed by atoms with Gasteiger partial charge in [-0.25, -0.2) is 4.39 Å². The normalized spacial score (nSPS) is 20.3. The largest absolute Gasteiger partial charge is 0.381 e. The second kappa shape index (κ2) is 11.0. The lowest BCUT2D eigenvalue weighted by atomic mass is 10.1. The second-order valence-electron chi connectivity index (χ2n) is 6.90. The van der Waals surface area contributed by atoms with Gasteiger partial charge in [0, 0.05) is 52.8 Å². The topological polar surface area (TPSA) is 49.3 Å². The number of halogens is 2. The molecule has 0 aliphatic carbocycles. The fourth-order valence-electron chi connectivity index (χ4n) is 3.49. The number of aliphatic imine (C=N–C) groups is 1. The third kappa shape index (κ3) is 6.18. The van der Waals surface area contributed by atoms with Gasteiger partial charge in [0.25, 0.3) is 0 Å². The molecule has 2 heterocycles. The molecule has 0 aromatic heterocycles.